The van der Waals surface area contributed by atoms with Crippen LogP contribution in [0.25, 0.3) is 0 Å². The first-order valence-electron chi connectivity index (χ1n) is 7.41. The van der Waals surface area contributed by atoms with E-state index in [9.17, 15) is 4.79 Å². The van der Waals surface area contributed by atoms with Gasteiger partial charge in [-0.1, -0.05) is 47.4 Å². The Bertz CT molecular complexity index is 865. The van der Waals surface area contributed by atoms with Gasteiger partial charge in [0.25, 0.3) is 0 Å². The lowest BCUT2D eigenvalue weighted by molar-refractivity contribution is 0.100. The molecule has 3 aromatic rings. The molecule has 6 nitrogen and oxygen atoms in total. The number of hydrogen-bond acceptors (Lipinski definition) is 7. The number of nitrogens with one attached hydrogen (secondary N) is 1. The van der Waals surface area contributed by atoms with Crippen molar-refractivity contribution in [3.63, 3.8) is 0 Å². The van der Waals surface area contributed by atoms with E-state index in [-0.39, 0.29) is 0 Å². The van der Waals surface area contributed by atoms with Gasteiger partial charge in [-0.25, -0.2) is 0 Å². The van der Waals surface area contributed by atoms with E-state index in [1.165, 1.54) is 11.3 Å². The quantitative estimate of drug-likeness (QED) is 0.615. The van der Waals surface area contributed by atoms with Crippen LogP contribution in [0.1, 0.15) is 15.9 Å². The number of carbonyl (C=O) groups excluding carboxylic acids is 1. The lowest BCUT2D eigenvalue weighted by Crippen LogP contribution is -2.10. The summed E-state index contributed by atoms with van der Waals surface area (Å²) in [5.74, 6) is 1.07. The second kappa shape index (κ2) is 8.00. The number of anilines is 2. The summed E-state index contributed by atoms with van der Waals surface area (Å²) in [4.78, 5) is 11.1. The number of carbonyl (C=O) groups is 1. The van der Waals surface area contributed by atoms with Crippen molar-refractivity contribution in [2.24, 2.45) is 5.73 Å². The van der Waals surface area contributed by atoms with Gasteiger partial charge in [0.1, 0.15) is 5.75 Å². The van der Waals surface area contributed by atoms with Crippen molar-refractivity contribution >= 4 is 39.8 Å². The van der Waals surface area contributed by atoms with Gasteiger partial charge in [-0.3, -0.25) is 4.79 Å². The maximum Gasteiger partial charge on any atom is 0.248 e. The largest absolute Gasteiger partial charge is 0.495 e. The van der Waals surface area contributed by atoms with Crippen LogP contribution in [-0.4, -0.2) is 23.2 Å². The summed E-state index contributed by atoms with van der Waals surface area (Å²) in [7, 11) is 1.63. The lowest BCUT2D eigenvalue weighted by Gasteiger charge is -2.07. The van der Waals surface area contributed by atoms with Crippen molar-refractivity contribution in [1.29, 1.82) is 0 Å². The summed E-state index contributed by atoms with van der Waals surface area (Å²) in [5.41, 5.74) is 7.68. The number of nitrogens with zero attached hydrogens (tertiary/aromatic N) is 2. The number of primary amides is 1. The van der Waals surface area contributed by atoms with Crippen molar-refractivity contribution < 1.29 is 9.53 Å². The number of rotatable bonds is 7. The number of benzene rings is 2. The Morgan fingerprint density at radius 3 is 2.68 bits per heavy atom. The Kier molecular flexibility index (Phi) is 5.52. The van der Waals surface area contributed by atoms with Crippen molar-refractivity contribution in [3.05, 3.63) is 59.7 Å². The second-order valence-corrected chi connectivity index (χ2v) is 7.25. The normalized spacial score (nSPS) is 10.4. The van der Waals surface area contributed by atoms with Gasteiger partial charge in [0, 0.05) is 11.3 Å². The molecule has 0 aliphatic carbocycles. The first-order chi connectivity index (χ1) is 12.2. The van der Waals surface area contributed by atoms with Crippen LogP contribution in [0, 0.1) is 0 Å². The molecule has 0 aliphatic heterocycles. The molecule has 1 amide bonds. The first-order valence-corrected chi connectivity index (χ1v) is 9.21. The fourth-order valence-corrected chi connectivity index (χ4v) is 3.81. The molecule has 1 aromatic heterocycles. The number of thioether (sulfide) groups is 1. The van der Waals surface area contributed by atoms with E-state index < -0.39 is 5.91 Å². The summed E-state index contributed by atoms with van der Waals surface area (Å²) in [6, 6.07) is 14.9. The van der Waals surface area contributed by atoms with Gasteiger partial charge in [-0.05, 0) is 29.8 Å². The van der Waals surface area contributed by atoms with Crippen molar-refractivity contribution in [3.8, 4) is 5.75 Å². The Hall–Kier alpha value is -2.58. The minimum atomic E-state index is -0.421. The summed E-state index contributed by atoms with van der Waals surface area (Å²) in [6.07, 6.45) is 0. The van der Waals surface area contributed by atoms with Gasteiger partial charge in [0.15, 0.2) is 4.34 Å². The Morgan fingerprint density at radius 1 is 1.20 bits per heavy atom. The Balaban J connectivity index is 1.61. The number of ether oxygens (including phenoxy) is 1. The molecule has 0 radical (unpaired) electrons. The van der Waals surface area contributed by atoms with Crippen LogP contribution >= 0.6 is 23.1 Å². The molecule has 8 heteroatoms. The Morgan fingerprint density at radius 2 is 1.96 bits per heavy atom. The van der Waals surface area contributed by atoms with Crippen molar-refractivity contribution in [1.82, 2.24) is 10.2 Å². The SMILES string of the molecule is COc1ccccc1Nc1nnc(SCc2ccc(C(N)=O)cc2)s1. The van der Waals surface area contributed by atoms with E-state index in [2.05, 4.69) is 15.5 Å². The van der Waals surface area contributed by atoms with Gasteiger partial charge < -0.3 is 15.8 Å². The number of para-hydroxylation sites is 2. The van der Waals surface area contributed by atoms with Gasteiger partial charge >= 0.3 is 0 Å². The highest BCUT2D eigenvalue weighted by Gasteiger charge is 2.08. The van der Waals surface area contributed by atoms with E-state index in [0.717, 1.165) is 27.1 Å². The van der Waals surface area contributed by atoms with E-state index in [0.29, 0.717) is 10.7 Å². The smallest absolute Gasteiger partial charge is 0.248 e. The third kappa shape index (κ3) is 4.49. The zero-order valence-corrected chi connectivity index (χ0v) is 15.1. The molecule has 0 fully saturated rings. The molecule has 0 unspecified atom stereocenters. The number of amides is 1. The standard InChI is InChI=1S/C17H16N4O2S2/c1-23-14-5-3-2-4-13(14)19-16-20-21-17(25-16)24-10-11-6-8-12(9-7-11)15(18)22/h2-9H,10H2,1H3,(H2,18,22)(H,19,20). The molecule has 0 aliphatic rings. The lowest BCUT2D eigenvalue weighted by atomic mass is 10.1. The molecular formula is C17H16N4O2S2. The maximum absolute atomic E-state index is 11.1. The predicted octanol–water partition coefficient (Wildman–Crippen LogP) is 3.68. The van der Waals surface area contributed by atoms with Crippen LogP contribution in [-0.2, 0) is 5.75 Å². The molecule has 0 saturated carbocycles. The fraction of sp³-hybridized carbons (Fsp3) is 0.118. The van der Waals surface area contributed by atoms with E-state index in [1.807, 2.05) is 36.4 Å². The zero-order valence-electron chi connectivity index (χ0n) is 13.4. The van der Waals surface area contributed by atoms with Gasteiger partial charge in [-0.2, -0.15) is 0 Å². The van der Waals surface area contributed by atoms with Crippen molar-refractivity contribution in [2.45, 2.75) is 10.1 Å². The van der Waals surface area contributed by atoms with Crippen LogP contribution in [0.4, 0.5) is 10.8 Å². The average molecular weight is 372 g/mol. The number of nitrogens with two attached hydrogens (primary N) is 1. The van der Waals surface area contributed by atoms with Crippen LogP contribution < -0.4 is 15.8 Å². The summed E-state index contributed by atoms with van der Waals surface area (Å²) in [5, 5.41) is 12.3. The van der Waals surface area contributed by atoms with E-state index >= 15 is 0 Å². The molecule has 2 aromatic carbocycles. The number of methoxy groups -OCH3 is 1. The van der Waals surface area contributed by atoms with Gasteiger partial charge in [0.05, 0.1) is 12.8 Å². The monoisotopic (exact) mass is 372 g/mol. The maximum atomic E-state index is 11.1. The average Bonchev–Trinajstić information content (AvgIpc) is 3.08. The molecule has 3 N–H and O–H groups in total. The molecule has 25 heavy (non-hydrogen) atoms. The van der Waals surface area contributed by atoms with Crippen LogP contribution in [0.2, 0.25) is 0 Å². The zero-order chi connectivity index (χ0) is 17.6. The minimum absolute atomic E-state index is 0.421. The number of hydrogen-bond donors (Lipinski definition) is 2. The first kappa shape index (κ1) is 17.2. The van der Waals surface area contributed by atoms with Crippen molar-refractivity contribution in [2.75, 3.05) is 12.4 Å². The summed E-state index contributed by atoms with van der Waals surface area (Å²) in [6.45, 7) is 0. The highest BCUT2D eigenvalue weighted by Crippen LogP contribution is 2.32. The molecule has 0 spiro atoms. The Labute approximate surface area is 153 Å². The molecule has 3 rings (SSSR count). The molecule has 0 atom stereocenters. The topological polar surface area (TPSA) is 90.1 Å². The van der Waals surface area contributed by atoms with E-state index in [1.54, 1.807) is 31.0 Å². The van der Waals surface area contributed by atoms with Crippen LogP contribution in [0.3, 0.4) is 0 Å². The van der Waals surface area contributed by atoms with Crippen LogP contribution in [0.5, 0.6) is 5.75 Å². The molecule has 0 saturated heterocycles. The van der Waals surface area contributed by atoms with Gasteiger partial charge in [0.2, 0.25) is 11.0 Å². The number of aromatic nitrogens is 2. The van der Waals surface area contributed by atoms with Crippen LogP contribution in [0.15, 0.2) is 52.9 Å². The predicted molar refractivity (Wildman–Crippen MR) is 101 cm³/mol. The molecule has 0 bridgehead atoms. The fourth-order valence-electron chi connectivity index (χ4n) is 2.09. The third-order valence-electron chi connectivity index (χ3n) is 3.36. The molecular weight excluding hydrogens is 356 g/mol. The third-order valence-corrected chi connectivity index (χ3v) is 5.40. The van der Waals surface area contributed by atoms with E-state index in [4.69, 9.17) is 10.5 Å². The second-order valence-electron chi connectivity index (χ2n) is 5.05. The van der Waals surface area contributed by atoms with Gasteiger partial charge in [-0.15, -0.1) is 10.2 Å². The molecule has 128 valence electrons. The molecule has 1 heterocycles. The summed E-state index contributed by atoms with van der Waals surface area (Å²) < 4.78 is 6.17. The highest BCUT2D eigenvalue weighted by atomic mass is 32.2. The highest BCUT2D eigenvalue weighted by molar-refractivity contribution is 8.00. The minimum Gasteiger partial charge on any atom is -0.495 e. The summed E-state index contributed by atoms with van der Waals surface area (Å²) >= 11 is 3.06.